The van der Waals surface area contributed by atoms with Crippen LogP contribution in [0.5, 0.6) is 0 Å². The number of nitrogens with zero attached hydrogens (tertiary/aromatic N) is 1. The minimum absolute atomic E-state index is 0.834. The van der Waals surface area contributed by atoms with E-state index in [0.29, 0.717) is 0 Å². The third-order valence-corrected chi connectivity index (χ3v) is 1.97. The van der Waals surface area contributed by atoms with Gasteiger partial charge in [0.25, 0.3) is 0 Å². The summed E-state index contributed by atoms with van der Waals surface area (Å²) in [7, 11) is 3.91. The molecule has 0 aliphatic heterocycles. The van der Waals surface area contributed by atoms with Crippen LogP contribution in [0.4, 0.5) is 0 Å². The van der Waals surface area contributed by atoms with Crippen molar-refractivity contribution in [1.29, 1.82) is 0 Å². The third kappa shape index (κ3) is 6.10. The highest BCUT2D eigenvalue weighted by Gasteiger charge is 1.94. The summed E-state index contributed by atoms with van der Waals surface area (Å²) in [5, 5.41) is 4.01. The standard InChI is InChI=1S/C8H18N2S/c1-4-5-6-7-9-8(11)10(2)3/h4-7H2,1-3H3,(H,9,11). The minimum atomic E-state index is 0.834. The van der Waals surface area contributed by atoms with Crippen molar-refractivity contribution < 1.29 is 0 Å². The minimum Gasteiger partial charge on any atom is -0.363 e. The monoisotopic (exact) mass is 174 g/mol. The van der Waals surface area contributed by atoms with Crippen molar-refractivity contribution in [3.8, 4) is 0 Å². The highest BCUT2D eigenvalue weighted by Crippen LogP contribution is 1.91. The van der Waals surface area contributed by atoms with E-state index in [9.17, 15) is 0 Å². The summed E-state index contributed by atoms with van der Waals surface area (Å²) in [6.45, 7) is 3.20. The lowest BCUT2D eigenvalue weighted by Crippen LogP contribution is -2.34. The van der Waals surface area contributed by atoms with Gasteiger partial charge in [0.2, 0.25) is 0 Å². The van der Waals surface area contributed by atoms with Crippen molar-refractivity contribution in [2.24, 2.45) is 0 Å². The number of hydrogen-bond acceptors (Lipinski definition) is 1. The molecule has 1 N–H and O–H groups in total. The zero-order chi connectivity index (χ0) is 8.69. The molecule has 0 saturated heterocycles. The number of hydrogen-bond donors (Lipinski definition) is 1. The first kappa shape index (κ1) is 10.7. The summed E-state index contributed by atoms with van der Waals surface area (Å²) in [5.74, 6) is 0. The summed E-state index contributed by atoms with van der Waals surface area (Å²) in [6.07, 6.45) is 3.75. The summed E-state index contributed by atoms with van der Waals surface area (Å²) in [5.41, 5.74) is 0. The first-order valence-electron chi connectivity index (χ1n) is 4.13. The third-order valence-electron chi connectivity index (χ3n) is 1.46. The number of nitrogens with one attached hydrogen (secondary N) is 1. The van der Waals surface area contributed by atoms with E-state index in [1.54, 1.807) is 0 Å². The maximum absolute atomic E-state index is 5.04. The van der Waals surface area contributed by atoms with Crippen LogP contribution in [0.1, 0.15) is 26.2 Å². The Bertz CT molecular complexity index is 113. The Hall–Kier alpha value is -0.310. The first-order valence-corrected chi connectivity index (χ1v) is 4.54. The first-order chi connectivity index (χ1) is 5.18. The van der Waals surface area contributed by atoms with Crippen LogP contribution in [0.3, 0.4) is 0 Å². The Morgan fingerprint density at radius 2 is 2.00 bits per heavy atom. The molecule has 66 valence electrons. The van der Waals surface area contributed by atoms with Crippen LogP contribution in [0.25, 0.3) is 0 Å². The zero-order valence-electron chi connectivity index (χ0n) is 7.68. The Morgan fingerprint density at radius 1 is 1.36 bits per heavy atom. The highest BCUT2D eigenvalue weighted by atomic mass is 32.1. The second-order valence-corrected chi connectivity index (χ2v) is 3.22. The molecule has 0 radical (unpaired) electrons. The molecule has 2 nitrogen and oxygen atoms in total. The van der Waals surface area contributed by atoms with E-state index < -0.39 is 0 Å². The van der Waals surface area contributed by atoms with Crippen molar-refractivity contribution in [1.82, 2.24) is 10.2 Å². The zero-order valence-corrected chi connectivity index (χ0v) is 8.50. The molecular formula is C8H18N2S. The fraction of sp³-hybridized carbons (Fsp3) is 0.875. The molecule has 0 aliphatic rings. The van der Waals surface area contributed by atoms with Gasteiger partial charge in [0, 0.05) is 20.6 Å². The van der Waals surface area contributed by atoms with Crippen molar-refractivity contribution >= 4 is 17.3 Å². The molecule has 0 amide bonds. The lowest BCUT2D eigenvalue weighted by Gasteiger charge is -2.14. The largest absolute Gasteiger partial charge is 0.363 e. The summed E-state index contributed by atoms with van der Waals surface area (Å²) < 4.78 is 0. The number of rotatable bonds is 4. The van der Waals surface area contributed by atoms with E-state index in [4.69, 9.17) is 12.2 Å². The van der Waals surface area contributed by atoms with Gasteiger partial charge in [-0.05, 0) is 18.6 Å². The van der Waals surface area contributed by atoms with Crippen LogP contribution >= 0.6 is 12.2 Å². The molecule has 11 heavy (non-hydrogen) atoms. The number of thiocarbonyl (C=S) groups is 1. The van der Waals surface area contributed by atoms with Gasteiger partial charge >= 0.3 is 0 Å². The molecule has 0 unspecified atom stereocenters. The molecule has 0 heterocycles. The molecule has 0 aromatic rings. The molecule has 0 aliphatic carbocycles. The predicted molar refractivity (Wildman–Crippen MR) is 53.8 cm³/mol. The average molecular weight is 174 g/mol. The Balaban J connectivity index is 3.18. The van der Waals surface area contributed by atoms with Crippen molar-refractivity contribution in [2.45, 2.75) is 26.2 Å². The highest BCUT2D eigenvalue weighted by molar-refractivity contribution is 7.80. The van der Waals surface area contributed by atoms with Crippen LogP contribution < -0.4 is 5.32 Å². The van der Waals surface area contributed by atoms with Crippen LogP contribution in [0.15, 0.2) is 0 Å². The molecule has 0 fully saturated rings. The second-order valence-electron chi connectivity index (χ2n) is 2.83. The van der Waals surface area contributed by atoms with Crippen molar-refractivity contribution in [3.05, 3.63) is 0 Å². The van der Waals surface area contributed by atoms with Gasteiger partial charge in [-0.1, -0.05) is 19.8 Å². The molecule has 0 rings (SSSR count). The molecule has 0 atom stereocenters. The fourth-order valence-corrected chi connectivity index (χ4v) is 0.830. The van der Waals surface area contributed by atoms with Gasteiger partial charge < -0.3 is 10.2 Å². The van der Waals surface area contributed by atoms with Crippen molar-refractivity contribution in [2.75, 3.05) is 20.6 Å². The van der Waals surface area contributed by atoms with Crippen LogP contribution in [0.2, 0.25) is 0 Å². The van der Waals surface area contributed by atoms with E-state index in [1.165, 1.54) is 19.3 Å². The van der Waals surface area contributed by atoms with Gasteiger partial charge in [0.05, 0.1) is 0 Å². The fourth-order valence-electron chi connectivity index (χ4n) is 0.728. The van der Waals surface area contributed by atoms with Crippen LogP contribution in [-0.2, 0) is 0 Å². The number of unbranched alkanes of at least 4 members (excludes halogenated alkanes) is 2. The molecule has 0 saturated carbocycles. The SMILES string of the molecule is CCCCCNC(=S)N(C)C. The smallest absolute Gasteiger partial charge is 0.168 e. The van der Waals surface area contributed by atoms with Gasteiger partial charge in [0.15, 0.2) is 5.11 Å². The van der Waals surface area contributed by atoms with Gasteiger partial charge in [-0.3, -0.25) is 0 Å². The average Bonchev–Trinajstić information content (AvgIpc) is 1.97. The molecule has 0 aromatic carbocycles. The lowest BCUT2D eigenvalue weighted by molar-refractivity contribution is 0.589. The normalized spacial score (nSPS) is 9.36. The van der Waals surface area contributed by atoms with Crippen LogP contribution in [-0.4, -0.2) is 30.7 Å². The second kappa shape index (κ2) is 6.40. The molecule has 0 bridgehead atoms. The quantitative estimate of drug-likeness (QED) is 0.515. The van der Waals surface area contributed by atoms with Gasteiger partial charge in [0.1, 0.15) is 0 Å². The molecule has 3 heteroatoms. The Kier molecular flexibility index (Phi) is 6.22. The van der Waals surface area contributed by atoms with Crippen molar-refractivity contribution in [3.63, 3.8) is 0 Å². The molecule has 0 spiro atoms. The van der Waals surface area contributed by atoms with Gasteiger partial charge in [-0.2, -0.15) is 0 Å². The summed E-state index contributed by atoms with van der Waals surface area (Å²) in [4.78, 5) is 1.92. The maximum Gasteiger partial charge on any atom is 0.168 e. The Morgan fingerprint density at radius 3 is 2.45 bits per heavy atom. The van der Waals surface area contributed by atoms with E-state index in [2.05, 4.69) is 12.2 Å². The topological polar surface area (TPSA) is 15.3 Å². The van der Waals surface area contributed by atoms with E-state index in [-0.39, 0.29) is 0 Å². The van der Waals surface area contributed by atoms with E-state index in [0.717, 1.165) is 11.7 Å². The summed E-state index contributed by atoms with van der Waals surface area (Å²) in [6, 6.07) is 0. The van der Waals surface area contributed by atoms with E-state index >= 15 is 0 Å². The van der Waals surface area contributed by atoms with E-state index in [1.807, 2.05) is 19.0 Å². The maximum atomic E-state index is 5.04. The van der Waals surface area contributed by atoms with Gasteiger partial charge in [-0.15, -0.1) is 0 Å². The Labute approximate surface area is 75.0 Å². The summed E-state index contributed by atoms with van der Waals surface area (Å²) >= 11 is 5.04. The van der Waals surface area contributed by atoms with Gasteiger partial charge in [-0.25, -0.2) is 0 Å². The predicted octanol–water partition coefficient (Wildman–Crippen LogP) is 1.61. The molecule has 0 aromatic heterocycles. The molecular weight excluding hydrogens is 156 g/mol. The van der Waals surface area contributed by atoms with Crippen LogP contribution in [0, 0.1) is 0 Å². The lowest BCUT2D eigenvalue weighted by atomic mass is 10.2.